The zero-order valence-corrected chi connectivity index (χ0v) is 21.5. The van der Waals surface area contributed by atoms with E-state index in [0.717, 1.165) is 11.1 Å². The number of nitrogens with two attached hydrogens (primary N) is 1. The van der Waals surface area contributed by atoms with Crippen LogP contribution in [0.1, 0.15) is 36.6 Å². The second kappa shape index (κ2) is 10.8. The summed E-state index contributed by atoms with van der Waals surface area (Å²) in [5.74, 6) is -0.214. The summed E-state index contributed by atoms with van der Waals surface area (Å²) in [4.78, 5) is 36.8. The molecule has 0 saturated carbocycles. The molecule has 0 fully saturated rings. The van der Waals surface area contributed by atoms with Crippen molar-refractivity contribution in [3.8, 4) is 11.5 Å². The number of hydrogen-bond donors (Lipinski definition) is 4. The first kappa shape index (κ1) is 25.3. The summed E-state index contributed by atoms with van der Waals surface area (Å²) in [7, 11) is 0. The summed E-state index contributed by atoms with van der Waals surface area (Å²) in [6, 6.07) is 7.97. The van der Waals surface area contributed by atoms with Crippen LogP contribution in [-0.4, -0.2) is 31.1 Å². The lowest BCUT2D eigenvalue weighted by molar-refractivity contribution is -0.120. The third-order valence-corrected chi connectivity index (χ3v) is 6.10. The second-order valence-electron chi connectivity index (χ2n) is 7.84. The molecule has 4 amide bonds. The first-order chi connectivity index (χ1) is 16.1. The molecule has 2 aromatic rings. The van der Waals surface area contributed by atoms with Crippen molar-refractivity contribution in [3.05, 3.63) is 61.9 Å². The molecule has 1 aliphatic heterocycles. The van der Waals surface area contributed by atoms with E-state index in [1.54, 1.807) is 19.1 Å². The van der Waals surface area contributed by atoms with Gasteiger partial charge in [-0.15, -0.1) is 0 Å². The predicted octanol–water partition coefficient (Wildman–Crippen LogP) is 3.44. The average molecular weight is 578 g/mol. The molecule has 180 valence electrons. The minimum absolute atomic E-state index is 0.303. The standard InChI is InChI=1S/C24H27IN4O5/c1-5-33-18-10-15(9-17(25)22(18)34-11-19(26)30)21-20(14(4)27-24(32)29-21)23(31)28-16-7-6-12(2)13(3)8-16/h6-10,21H,5,11H2,1-4H3,(H2,26,30)(H,28,31)(H2,27,29,32). The fourth-order valence-electron chi connectivity index (χ4n) is 3.56. The van der Waals surface area contributed by atoms with Crippen molar-refractivity contribution < 1.29 is 23.9 Å². The van der Waals surface area contributed by atoms with Gasteiger partial charge in [0.2, 0.25) is 0 Å². The van der Waals surface area contributed by atoms with Crippen molar-refractivity contribution in [1.29, 1.82) is 0 Å². The number of halogens is 1. The zero-order valence-electron chi connectivity index (χ0n) is 19.4. The van der Waals surface area contributed by atoms with E-state index in [2.05, 4.69) is 38.5 Å². The maximum Gasteiger partial charge on any atom is 0.319 e. The number of nitrogens with one attached hydrogen (secondary N) is 3. The van der Waals surface area contributed by atoms with Gasteiger partial charge in [0.15, 0.2) is 18.1 Å². The molecule has 10 heteroatoms. The van der Waals surface area contributed by atoms with Crippen LogP contribution in [0.5, 0.6) is 11.5 Å². The Morgan fingerprint density at radius 3 is 2.50 bits per heavy atom. The molecule has 1 heterocycles. The number of ether oxygens (including phenoxy) is 2. The quantitative estimate of drug-likeness (QED) is 0.357. The largest absolute Gasteiger partial charge is 0.490 e. The van der Waals surface area contributed by atoms with Crippen LogP contribution in [0.3, 0.4) is 0 Å². The van der Waals surface area contributed by atoms with Gasteiger partial charge in [-0.2, -0.15) is 0 Å². The van der Waals surface area contributed by atoms with Crippen molar-refractivity contribution in [2.75, 3.05) is 18.5 Å². The Labute approximate surface area is 211 Å². The third-order valence-electron chi connectivity index (χ3n) is 5.30. The predicted molar refractivity (Wildman–Crippen MR) is 137 cm³/mol. The molecule has 0 aliphatic carbocycles. The van der Waals surface area contributed by atoms with E-state index in [4.69, 9.17) is 15.2 Å². The smallest absolute Gasteiger partial charge is 0.319 e. The minimum Gasteiger partial charge on any atom is -0.490 e. The third kappa shape index (κ3) is 5.79. The minimum atomic E-state index is -0.738. The summed E-state index contributed by atoms with van der Waals surface area (Å²) in [6.07, 6.45) is 0. The molecule has 9 nitrogen and oxygen atoms in total. The van der Waals surface area contributed by atoms with E-state index in [-0.39, 0.29) is 12.5 Å². The van der Waals surface area contributed by atoms with Crippen molar-refractivity contribution in [3.63, 3.8) is 0 Å². The average Bonchev–Trinajstić information content (AvgIpc) is 2.75. The Morgan fingerprint density at radius 2 is 1.85 bits per heavy atom. The molecule has 0 spiro atoms. The lowest BCUT2D eigenvalue weighted by Crippen LogP contribution is -2.46. The molecule has 1 aliphatic rings. The van der Waals surface area contributed by atoms with Crippen LogP contribution in [-0.2, 0) is 9.59 Å². The number of rotatable bonds is 8. The Balaban J connectivity index is 2.00. The number of allylic oxidation sites excluding steroid dienone is 1. The number of carbonyl (C=O) groups is 3. The fourth-order valence-corrected chi connectivity index (χ4v) is 4.34. The highest BCUT2D eigenvalue weighted by molar-refractivity contribution is 14.1. The molecule has 1 atom stereocenters. The van der Waals surface area contributed by atoms with Gasteiger partial charge in [0.25, 0.3) is 11.8 Å². The number of anilines is 1. The number of benzene rings is 2. The van der Waals surface area contributed by atoms with E-state index < -0.39 is 18.0 Å². The van der Waals surface area contributed by atoms with E-state index in [9.17, 15) is 14.4 Å². The molecule has 3 rings (SSSR count). The highest BCUT2D eigenvalue weighted by Gasteiger charge is 2.32. The van der Waals surface area contributed by atoms with Crippen LogP contribution in [0.25, 0.3) is 0 Å². The van der Waals surface area contributed by atoms with Crippen molar-refractivity contribution in [2.45, 2.75) is 33.7 Å². The van der Waals surface area contributed by atoms with Crippen LogP contribution in [0.2, 0.25) is 0 Å². The highest BCUT2D eigenvalue weighted by atomic mass is 127. The summed E-state index contributed by atoms with van der Waals surface area (Å²) in [5, 5.41) is 8.42. The van der Waals surface area contributed by atoms with Gasteiger partial charge in [-0.25, -0.2) is 4.79 Å². The Bertz CT molecular complexity index is 1180. The molecule has 0 bridgehead atoms. The van der Waals surface area contributed by atoms with E-state index in [0.29, 0.717) is 44.2 Å². The molecule has 0 saturated heterocycles. The van der Waals surface area contributed by atoms with E-state index >= 15 is 0 Å². The SMILES string of the molecule is CCOc1cc(C2NC(=O)NC(C)=C2C(=O)Nc2ccc(C)c(C)c2)cc(I)c1OCC(N)=O. The molecular weight excluding hydrogens is 551 g/mol. The maximum absolute atomic E-state index is 13.3. The van der Waals surface area contributed by atoms with Gasteiger partial charge in [0.1, 0.15) is 0 Å². The lowest BCUT2D eigenvalue weighted by atomic mass is 9.94. The zero-order chi connectivity index (χ0) is 25.0. The number of urea groups is 1. The Morgan fingerprint density at radius 1 is 1.12 bits per heavy atom. The lowest BCUT2D eigenvalue weighted by Gasteiger charge is -2.29. The van der Waals surface area contributed by atoms with Crippen molar-refractivity contribution >= 4 is 46.1 Å². The second-order valence-corrected chi connectivity index (χ2v) is 9.00. The highest BCUT2D eigenvalue weighted by Crippen LogP contribution is 2.38. The van der Waals surface area contributed by atoms with Crippen LogP contribution in [0, 0.1) is 17.4 Å². The van der Waals surface area contributed by atoms with Gasteiger partial charge < -0.3 is 31.2 Å². The van der Waals surface area contributed by atoms with Gasteiger partial charge in [-0.3, -0.25) is 9.59 Å². The molecular formula is C24H27IN4O5. The van der Waals surface area contributed by atoms with Crippen LogP contribution < -0.4 is 31.2 Å². The van der Waals surface area contributed by atoms with Gasteiger partial charge in [0.05, 0.1) is 21.8 Å². The number of carbonyl (C=O) groups excluding carboxylic acids is 3. The number of amides is 4. The molecule has 0 aromatic heterocycles. The first-order valence-electron chi connectivity index (χ1n) is 10.6. The topological polar surface area (TPSA) is 132 Å². The first-order valence-corrected chi connectivity index (χ1v) is 11.7. The van der Waals surface area contributed by atoms with E-state index in [1.165, 1.54) is 0 Å². The number of primary amides is 1. The van der Waals surface area contributed by atoms with Crippen LogP contribution in [0.4, 0.5) is 10.5 Å². The molecule has 5 N–H and O–H groups in total. The fraction of sp³-hybridized carbons (Fsp3) is 0.292. The Hall–Kier alpha value is -3.28. The van der Waals surface area contributed by atoms with Gasteiger partial charge in [-0.05, 0) is 91.2 Å². The summed E-state index contributed by atoms with van der Waals surface area (Å²) in [5.41, 5.74) is 9.47. The Kier molecular flexibility index (Phi) is 8.02. The maximum atomic E-state index is 13.3. The normalized spacial score (nSPS) is 15.3. The molecule has 34 heavy (non-hydrogen) atoms. The summed E-state index contributed by atoms with van der Waals surface area (Å²) < 4.78 is 11.9. The van der Waals surface area contributed by atoms with Crippen LogP contribution >= 0.6 is 22.6 Å². The molecule has 2 aromatic carbocycles. The summed E-state index contributed by atoms with van der Waals surface area (Å²) >= 11 is 2.05. The van der Waals surface area contributed by atoms with Crippen molar-refractivity contribution in [2.24, 2.45) is 5.73 Å². The van der Waals surface area contributed by atoms with Gasteiger partial charge >= 0.3 is 6.03 Å². The number of hydrogen-bond acceptors (Lipinski definition) is 5. The molecule has 0 radical (unpaired) electrons. The van der Waals surface area contributed by atoms with Gasteiger partial charge in [0, 0.05) is 11.4 Å². The van der Waals surface area contributed by atoms with Gasteiger partial charge in [-0.1, -0.05) is 6.07 Å². The van der Waals surface area contributed by atoms with Crippen molar-refractivity contribution in [1.82, 2.24) is 10.6 Å². The summed E-state index contributed by atoms with van der Waals surface area (Å²) in [6.45, 7) is 7.51. The monoisotopic (exact) mass is 578 g/mol. The van der Waals surface area contributed by atoms with E-state index in [1.807, 2.05) is 39.0 Å². The van der Waals surface area contributed by atoms with Crippen LogP contribution in [0.15, 0.2) is 41.6 Å². The number of aryl methyl sites for hydroxylation is 2. The molecule has 1 unspecified atom stereocenters.